The highest BCUT2D eigenvalue weighted by atomic mass is 35.5. The molecule has 0 bridgehead atoms. The number of aliphatic hydroxyl groups excluding tert-OH is 1. The van der Waals surface area contributed by atoms with Crippen LogP contribution in [-0.2, 0) is 6.54 Å². The maximum atomic E-state index is 11.6. The van der Waals surface area contributed by atoms with E-state index in [0.29, 0.717) is 6.54 Å². The first-order chi connectivity index (χ1) is 13.4. The molecule has 3 unspecified atom stereocenters. The molecule has 2 rings (SSSR count). The molecular weight excluding hydrogens is 380 g/mol. The number of carboxylic acids is 1. The largest absolute Gasteiger partial charge is 0.508 e. The maximum absolute atomic E-state index is 11.6. The van der Waals surface area contributed by atoms with Crippen molar-refractivity contribution in [3.8, 4) is 11.8 Å². The summed E-state index contributed by atoms with van der Waals surface area (Å²) >= 11 is 6.13. The highest BCUT2D eigenvalue weighted by Gasteiger charge is 2.32. The summed E-state index contributed by atoms with van der Waals surface area (Å²) in [6, 6.07) is 15.2. The number of benzene rings is 2. The summed E-state index contributed by atoms with van der Waals surface area (Å²) in [5, 5.41) is 39.6. The molecule has 0 saturated carbocycles. The number of rotatable bonds is 9. The van der Waals surface area contributed by atoms with Crippen LogP contribution in [0.5, 0.6) is 5.75 Å². The molecule has 0 aliphatic carbocycles. The average Bonchev–Trinajstić information content (AvgIpc) is 2.67. The van der Waals surface area contributed by atoms with E-state index in [9.17, 15) is 20.1 Å². The summed E-state index contributed by atoms with van der Waals surface area (Å²) in [6.45, 7) is 2.18. The Kier molecular flexibility index (Phi) is 7.82. The number of hydrogen-bond acceptors (Lipinski definition) is 5. The Morgan fingerprint density at radius 3 is 2.50 bits per heavy atom. The number of nitriles is 1. The number of aliphatic hydroxyl groups is 1. The molecule has 0 aliphatic rings. The van der Waals surface area contributed by atoms with Crippen LogP contribution in [0.1, 0.15) is 40.7 Å². The lowest BCUT2D eigenvalue weighted by molar-refractivity contribution is -0.0402. The van der Waals surface area contributed by atoms with Gasteiger partial charge >= 0.3 is 5.97 Å². The van der Waals surface area contributed by atoms with Gasteiger partial charge in [0.05, 0.1) is 18.1 Å². The number of carbonyl (C=O) groups is 1. The predicted octanol–water partition coefficient (Wildman–Crippen LogP) is 3.54. The smallest absolute Gasteiger partial charge is 0.335 e. The molecule has 7 heteroatoms. The number of alkyl halides is 1. The number of aromatic hydroxyl groups is 1. The van der Waals surface area contributed by atoms with Crippen molar-refractivity contribution in [3.63, 3.8) is 0 Å². The summed E-state index contributed by atoms with van der Waals surface area (Å²) in [7, 11) is 0. The maximum Gasteiger partial charge on any atom is 0.335 e. The third kappa shape index (κ3) is 5.23. The van der Waals surface area contributed by atoms with E-state index >= 15 is 0 Å². The Bertz CT molecular complexity index is 838. The summed E-state index contributed by atoms with van der Waals surface area (Å²) in [5.41, 5.74) is 1.15. The van der Waals surface area contributed by atoms with Crippen LogP contribution in [0.4, 0.5) is 0 Å². The van der Waals surface area contributed by atoms with E-state index in [1.54, 1.807) is 4.90 Å². The number of carboxylic acid groups (broad SMARTS) is 1. The Labute approximate surface area is 169 Å². The van der Waals surface area contributed by atoms with Crippen LogP contribution >= 0.6 is 11.6 Å². The fraction of sp³-hybridized carbons (Fsp3) is 0.333. The van der Waals surface area contributed by atoms with E-state index in [4.69, 9.17) is 16.9 Å². The molecule has 28 heavy (non-hydrogen) atoms. The molecule has 2 aromatic carbocycles. The second-order valence-electron chi connectivity index (χ2n) is 6.62. The number of aromatic carboxylic acids is 1. The number of nitrogens with zero attached hydrogens (tertiary/aromatic N) is 2. The number of phenolic OH excluding ortho intramolecular Hbond substituents is 1. The fourth-order valence-electron chi connectivity index (χ4n) is 3.16. The van der Waals surface area contributed by atoms with E-state index in [1.807, 2.05) is 37.3 Å². The Morgan fingerprint density at radius 1 is 1.25 bits per heavy atom. The highest BCUT2D eigenvalue weighted by Crippen LogP contribution is 2.31. The van der Waals surface area contributed by atoms with Gasteiger partial charge in [0.25, 0.3) is 0 Å². The zero-order valence-corrected chi connectivity index (χ0v) is 16.3. The molecule has 0 aliphatic heterocycles. The van der Waals surface area contributed by atoms with Gasteiger partial charge in [0.2, 0.25) is 0 Å². The van der Waals surface area contributed by atoms with Crippen molar-refractivity contribution in [2.24, 2.45) is 0 Å². The molecule has 0 radical (unpaired) electrons. The van der Waals surface area contributed by atoms with Gasteiger partial charge in [-0.05, 0) is 36.2 Å². The first kappa shape index (κ1) is 21.7. The number of halogens is 1. The molecule has 3 N–H and O–H groups in total. The molecule has 0 saturated heterocycles. The highest BCUT2D eigenvalue weighted by molar-refractivity contribution is 6.18. The first-order valence-corrected chi connectivity index (χ1v) is 9.39. The Hall–Kier alpha value is -2.59. The van der Waals surface area contributed by atoms with Crippen molar-refractivity contribution < 1.29 is 20.1 Å². The zero-order chi connectivity index (χ0) is 20.7. The topological polar surface area (TPSA) is 105 Å². The summed E-state index contributed by atoms with van der Waals surface area (Å²) in [4.78, 5) is 13.3. The van der Waals surface area contributed by atoms with E-state index < -0.39 is 18.1 Å². The monoisotopic (exact) mass is 402 g/mol. The van der Waals surface area contributed by atoms with E-state index in [-0.39, 0.29) is 35.2 Å². The Balaban J connectivity index is 2.43. The predicted molar refractivity (Wildman–Crippen MR) is 106 cm³/mol. The van der Waals surface area contributed by atoms with Gasteiger partial charge in [-0.1, -0.05) is 30.3 Å². The second kappa shape index (κ2) is 10.1. The molecule has 0 amide bonds. The molecule has 0 aromatic heterocycles. The van der Waals surface area contributed by atoms with Gasteiger partial charge < -0.3 is 15.3 Å². The fourth-order valence-corrected chi connectivity index (χ4v) is 3.49. The third-order valence-corrected chi connectivity index (χ3v) is 5.02. The molecule has 3 atom stereocenters. The van der Waals surface area contributed by atoms with Crippen molar-refractivity contribution in [3.05, 3.63) is 65.2 Å². The van der Waals surface area contributed by atoms with Gasteiger partial charge in [-0.15, -0.1) is 11.6 Å². The van der Waals surface area contributed by atoms with Gasteiger partial charge in [0.15, 0.2) is 0 Å². The van der Waals surface area contributed by atoms with Gasteiger partial charge in [-0.25, -0.2) is 4.79 Å². The molecular formula is C21H23ClN2O4. The van der Waals surface area contributed by atoms with Crippen molar-refractivity contribution in [2.75, 3.05) is 5.88 Å². The molecule has 0 fully saturated rings. The second-order valence-corrected chi connectivity index (χ2v) is 6.93. The van der Waals surface area contributed by atoms with E-state index in [2.05, 4.69) is 6.07 Å². The van der Waals surface area contributed by atoms with Gasteiger partial charge in [0, 0.05) is 24.4 Å². The average molecular weight is 403 g/mol. The van der Waals surface area contributed by atoms with Crippen LogP contribution < -0.4 is 0 Å². The lowest BCUT2D eigenvalue weighted by Crippen LogP contribution is -2.45. The van der Waals surface area contributed by atoms with Gasteiger partial charge in [-0.2, -0.15) is 5.26 Å². The van der Waals surface area contributed by atoms with Crippen LogP contribution in [-0.4, -0.2) is 44.3 Å². The minimum atomic E-state index is -1.17. The first-order valence-electron chi connectivity index (χ1n) is 8.85. The minimum absolute atomic E-state index is 0.0323. The number of hydrogen-bond donors (Lipinski definition) is 3. The number of phenols is 1. The van der Waals surface area contributed by atoms with Crippen molar-refractivity contribution >= 4 is 17.6 Å². The van der Waals surface area contributed by atoms with E-state index in [0.717, 1.165) is 5.56 Å². The summed E-state index contributed by atoms with van der Waals surface area (Å²) < 4.78 is 0. The zero-order valence-electron chi connectivity index (χ0n) is 15.5. The van der Waals surface area contributed by atoms with Crippen molar-refractivity contribution in [1.82, 2.24) is 4.90 Å². The van der Waals surface area contributed by atoms with Crippen LogP contribution in [0, 0.1) is 11.3 Å². The van der Waals surface area contributed by atoms with Gasteiger partial charge in [-0.3, -0.25) is 4.90 Å². The van der Waals surface area contributed by atoms with Gasteiger partial charge in [0.1, 0.15) is 12.0 Å². The van der Waals surface area contributed by atoms with Crippen LogP contribution in [0.25, 0.3) is 0 Å². The lowest BCUT2D eigenvalue weighted by Gasteiger charge is -2.37. The minimum Gasteiger partial charge on any atom is -0.508 e. The van der Waals surface area contributed by atoms with Crippen LogP contribution in [0.3, 0.4) is 0 Å². The Morgan fingerprint density at radius 2 is 1.93 bits per heavy atom. The quantitative estimate of drug-likeness (QED) is 0.437. The third-order valence-electron chi connectivity index (χ3n) is 4.69. The molecule has 2 aromatic rings. The molecule has 148 valence electrons. The summed E-state index contributed by atoms with van der Waals surface area (Å²) in [6.07, 6.45) is -0.967. The summed E-state index contributed by atoms with van der Waals surface area (Å²) in [5.74, 6) is -2.11. The van der Waals surface area contributed by atoms with Crippen molar-refractivity contribution in [2.45, 2.75) is 38.1 Å². The normalized spacial score (nSPS) is 14.2. The molecule has 0 spiro atoms. The van der Waals surface area contributed by atoms with Crippen molar-refractivity contribution in [1.29, 1.82) is 5.26 Å². The van der Waals surface area contributed by atoms with Crippen LogP contribution in [0.2, 0.25) is 0 Å². The van der Waals surface area contributed by atoms with E-state index in [1.165, 1.54) is 18.2 Å². The SMILES string of the molecule is CC(CC#N)N(Cc1ccccc1)C(O)C(CCl)c1cc(O)ccc1C(=O)O. The lowest BCUT2D eigenvalue weighted by atomic mass is 9.92. The van der Waals surface area contributed by atoms with Crippen LogP contribution in [0.15, 0.2) is 48.5 Å². The molecule has 6 nitrogen and oxygen atoms in total. The molecule has 0 heterocycles. The standard InChI is InChI=1S/C21H23ClN2O4/c1-14(9-10-23)24(13-15-5-3-2-4-6-15)20(26)19(12-22)18-11-16(25)7-8-17(18)21(27)28/h2-8,11,14,19-20,25-26H,9,12-13H2,1H3,(H,27,28).